The van der Waals surface area contributed by atoms with E-state index in [1.807, 2.05) is 31.2 Å². The molecule has 0 aliphatic carbocycles. The van der Waals surface area contributed by atoms with E-state index in [1.54, 1.807) is 14.0 Å². The molecule has 5 heteroatoms. The van der Waals surface area contributed by atoms with Crippen LogP contribution in [0.25, 0.3) is 0 Å². The zero-order valence-corrected chi connectivity index (χ0v) is 13.4. The molecule has 0 aromatic heterocycles. The van der Waals surface area contributed by atoms with Crippen LogP contribution in [0.3, 0.4) is 0 Å². The third-order valence-corrected chi connectivity index (χ3v) is 3.99. The number of methoxy groups -OCH3 is 1. The average Bonchev–Trinajstić information content (AvgIpc) is 2.52. The average molecular weight is 303 g/mol. The smallest absolute Gasteiger partial charge is 0.336 e. The van der Waals surface area contributed by atoms with Gasteiger partial charge in [-0.2, -0.15) is 0 Å². The third-order valence-electron chi connectivity index (χ3n) is 3.99. The minimum absolute atomic E-state index is 0.0102. The van der Waals surface area contributed by atoms with Crippen LogP contribution in [0.1, 0.15) is 31.7 Å². The molecule has 1 atom stereocenters. The first kappa shape index (κ1) is 16.1. The van der Waals surface area contributed by atoms with E-state index >= 15 is 0 Å². The van der Waals surface area contributed by atoms with Gasteiger partial charge in [0.05, 0.1) is 19.3 Å². The Hall–Kier alpha value is -2.30. The second-order valence-electron chi connectivity index (χ2n) is 5.20. The summed E-state index contributed by atoms with van der Waals surface area (Å²) in [5, 5.41) is 0. The van der Waals surface area contributed by atoms with Crippen LogP contribution in [-0.2, 0) is 14.3 Å². The number of carbonyl (C=O) groups is 2. The van der Waals surface area contributed by atoms with Crippen molar-refractivity contribution in [3.8, 4) is 5.75 Å². The molecule has 0 N–H and O–H groups in total. The highest BCUT2D eigenvalue weighted by atomic mass is 16.5. The number of ether oxygens (including phenoxy) is 2. The van der Waals surface area contributed by atoms with Crippen molar-refractivity contribution in [1.82, 2.24) is 4.90 Å². The maximum absolute atomic E-state index is 12.1. The van der Waals surface area contributed by atoms with Crippen LogP contribution in [-0.4, -0.2) is 37.5 Å². The van der Waals surface area contributed by atoms with Crippen molar-refractivity contribution >= 4 is 11.9 Å². The number of nitrogens with zero attached hydrogens (tertiary/aromatic N) is 1. The molecule has 0 saturated carbocycles. The lowest BCUT2D eigenvalue weighted by Gasteiger charge is -2.31. The summed E-state index contributed by atoms with van der Waals surface area (Å²) in [6.45, 7) is 4.29. The zero-order chi connectivity index (χ0) is 16.3. The van der Waals surface area contributed by atoms with Crippen LogP contribution in [0.2, 0.25) is 0 Å². The van der Waals surface area contributed by atoms with Crippen LogP contribution in [0.5, 0.6) is 5.75 Å². The van der Waals surface area contributed by atoms with Gasteiger partial charge in [0.1, 0.15) is 5.75 Å². The Kier molecular flexibility index (Phi) is 4.85. The van der Waals surface area contributed by atoms with Crippen molar-refractivity contribution in [3.05, 3.63) is 41.1 Å². The van der Waals surface area contributed by atoms with Crippen LogP contribution in [0.15, 0.2) is 35.5 Å². The Bertz CT molecular complexity index is 604. The van der Waals surface area contributed by atoms with Gasteiger partial charge in [0.2, 0.25) is 5.91 Å². The minimum atomic E-state index is -0.393. The summed E-state index contributed by atoms with van der Waals surface area (Å²) < 4.78 is 10.3. The Balaban J connectivity index is 2.42. The first-order chi connectivity index (χ1) is 10.5. The van der Waals surface area contributed by atoms with Gasteiger partial charge < -0.3 is 14.4 Å². The van der Waals surface area contributed by atoms with Gasteiger partial charge in [0.15, 0.2) is 0 Å². The second-order valence-corrected chi connectivity index (χ2v) is 5.20. The van der Waals surface area contributed by atoms with Gasteiger partial charge in [0, 0.05) is 25.1 Å². The van der Waals surface area contributed by atoms with Gasteiger partial charge in [0.25, 0.3) is 0 Å². The summed E-state index contributed by atoms with van der Waals surface area (Å²) in [7, 11) is 3.03. The number of amides is 1. The topological polar surface area (TPSA) is 55.8 Å². The van der Waals surface area contributed by atoms with E-state index in [0.717, 1.165) is 11.3 Å². The van der Waals surface area contributed by atoms with Gasteiger partial charge in [-0.25, -0.2) is 4.79 Å². The molecule has 1 aliphatic heterocycles. The monoisotopic (exact) mass is 303 g/mol. The van der Waals surface area contributed by atoms with Gasteiger partial charge in [-0.15, -0.1) is 0 Å². The normalized spacial score (nSPS) is 18.5. The molecule has 1 aliphatic rings. The van der Waals surface area contributed by atoms with E-state index in [2.05, 4.69) is 0 Å². The number of allylic oxidation sites excluding steroid dienone is 1. The molecular formula is C17H21NO4. The van der Waals surface area contributed by atoms with E-state index in [1.165, 1.54) is 12.0 Å². The van der Waals surface area contributed by atoms with E-state index in [4.69, 9.17) is 9.47 Å². The number of hydrogen-bond acceptors (Lipinski definition) is 4. The fourth-order valence-electron chi connectivity index (χ4n) is 2.68. The standard InChI is InChI=1S/C17H21NO4/c1-5-22-13-8-6-12(7-9-13)14-10-15(19)18(3)11(2)16(14)17(20)21-4/h6-9,14H,5,10H2,1-4H3/t14-/m1/s1. The van der Waals surface area contributed by atoms with Crippen molar-refractivity contribution in [3.63, 3.8) is 0 Å². The summed E-state index contributed by atoms with van der Waals surface area (Å²) in [5.74, 6) is 0.0809. The SMILES string of the molecule is CCOc1ccc([C@H]2CC(=O)N(C)C(C)=C2C(=O)OC)cc1. The van der Waals surface area contributed by atoms with E-state index in [9.17, 15) is 9.59 Å². The largest absolute Gasteiger partial charge is 0.494 e. The molecule has 5 nitrogen and oxygen atoms in total. The highest BCUT2D eigenvalue weighted by Gasteiger charge is 2.35. The molecule has 1 aromatic rings. The van der Waals surface area contributed by atoms with Crippen LogP contribution < -0.4 is 4.74 Å². The molecule has 0 saturated heterocycles. The van der Waals surface area contributed by atoms with Crippen molar-refractivity contribution in [2.75, 3.05) is 20.8 Å². The van der Waals surface area contributed by atoms with Gasteiger partial charge in [-0.1, -0.05) is 12.1 Å². The van der Waals surface area contributed by atoms with Gasteiger partial charge in [-0.3, -0.25) is 4.79 Å². The molecule has 1 heterocycles. The first-order valence-corrected chi connectivity index (χ1v) is 7.28. The fraction of sp³-hybridized carbons (Fsp3) is 0.412. The highest BCUT2D eigenvalue weighted by molar-refractivity contribution is 5.95. The number of carbonyl (C=O) groups excluding carboxylic acids is 2. The second kappa shape index (κ2) is 6.64. The molecular weight excluding hydrogens is 282 g/mol. The lowest BCUT2D eigenvalue weighted by molar-refractivity contribution is -0.137. The molecule has 1 aromatic carbocycles. The van der Waals surface area contributed by atoms with Crippen molar-refractivity contribution in [1.29, 1.82) is 0 Å². The van der Waals surface area contributed by atoms with E-state index in [-0.39, 0.29) is 18.2 Å². The highest BCUT2D eigenvalue weighted by Crippen LogP contribution is 2.36. The maximum atomic E-state index is 12.1. The number of benzene rings is 1. The van der Waals surface area contributed by atoms with E-state index in [0.29, 0.717) is 17.9 Å². The third kappa shape index (κ3) is 2.98. The van der Waals surface area contributed by atoms with Gasteiger partial charge in [-0.05, 0) is 31.5 Å². The molecule has 0 bridgehead atoms. The van der Waals surface area contributed by atoms with Crippen LogP contribution >= 0.6 is 0 Å². The van der Waals surface area contributed by atoms with Crippen molar-refractivity contribution in [2.45, 2.75) is 26.2 Å². The Morgan fingerprint density at radius 2 is 1.95 bits per heavy atom. The molecule has 0 unspecified atom stereocenters. The molecule has 0 radical (unpaired) electrons. The van der Waals surface area contributed by atoms with Crippen LogP contribution in [0.4, 0.5) is 0 Å². The molecule has 118 valence electrons. The van der Waals surface area contributed by atoms with E-state index < -0.39 is 5.97 Å². The summed E-state index contributed by atoms with van der Waals surface area (Å²) in [5.41, 5.74) is 2.08. The lowest BCUT2D eigenvalue weighted by Crippen LogP contribution is -2.35. The Morgan fingerprint density at radius 3 is 2.50 bits per heavy atom. The predicted molar refractivity (Wildman–Crippen MR) is 82.5 cm³/mol. The Labute approximate surface area is 130 Å². The molecule has 1 amide bonds. The quantitative estimate of drug-likeness (QED) is 0.802. The summed E-state index contributed by atoms with van der Waals surface area (Å²) in [4.78, 5) is 25.8. The molecule has 2 rings (SSSR count). The predicted octanol–water partition coefficient (Wildman–Crippen LogP) is 2.48. The lowest BCUT2D eigenvalue weighted by atomic mass is 9.84. The zero-order valence-electron chi connectivity index (χ0n) is 13.4. The van der Waals surface area contributed by atoms with Crippen molar-refractivity contribution in [2.24, 2.45) is 0 Å². The maximum Gasteiger partial charge on any atom is 0.336 e. The Morgan fingerprint density at radius 1 is 1.32 bits per heavy atom. The molecule has 22 heavy (non-hydrogen) atoms. The fourth-order valence-corrected chi connectivity index (χ4v) is 2.68. The summed E-state index contributed by atoms with van der Waals surface area (Å²) >= 11 is 0. The first-order valence-electron chi connectivity index (χ1n) is 7.28. The number of hydrogen-bond donors (Lipinski definition) is 0. The summed E-state index contributed by atoms with van der Waals surface area (Å²) in [6.07, 6.45) is 0.256. The molecule has 0 fully saturated rings. The van der Waals surface area contributed by atoms with Crippen LogP contribution in [0, 0.1) is 0 Å². The molecule has 0 spiro atoms. The summed E-state index contributed by atoms with van der Waals surface area (Å²) in [6, 6.07) is 7.49. The number of rotatable bonds is 4. The van der Waals surface area contributed by atoms with Gasteiger partial charge >= 0.3 is 5.97 Å². The number of esters is 1. The van der Waals surface area contributed by atoms with Crippen molar-refractivity contribution < 1.29 is 19.1 Å². The minimum Gasteiger partial charge on any atom is -0.494 e.